The average molecular weight is 240 g/mol. The predicted molar refractivity (Wildman–Crippen MR) is 64.5 cm³/mol. The summed E-state index contributed by atoms with van der Waals surface area (Å²) in [6.07, 6.45) is 3.06. The van der Waals surface area contributed by atoms with Crippen LogP contribution in [0.1, 0.15) is 32.5 Å². The van der Waals surface area contributed by atoms with Crippen LogP contribution in [0.15, 0.2) is 6.33 Å². The van der Waals surface area contributed by atoms with E-state index >= 15 is 0 Å². The fourth-order valence-electron chi connectivity index (χ4n) is 2.26. The highest BCUT2D eigenvalue weighted by molar-refractivity contribution is 4.97. The minimum absolute atomic E-state index is 0.390. The number of nitrogens with zero attached hydrogens (tertiary/aromatic N) is 3. The average Bonchev–Trinajstić information content (AvgIpc) is 2.65. The summed E-state index contributed by atoms with van der Waals surface area (Å²) in [5.74, 6) is 1.28. The van der Waals surface area contributed by atoms with E-state index in [4.69, 9.17) is 0 Å². The van der Waals surface area contributed by atoms with Gasteiger partial charge in [-0.05, 0) is 31.8 Å². The number of halogens is 1. The number of hydrogen-bond acceptors (Lipinski definition) is 3. The normalized spacial score (nSPS) is 19.8. The van der Waals surface area contributed by atoms with E-state index in [0.29, 0.717) is 25.2 Å². The van der Waals surface area contributed by atoms with Crippen molar-refractivity contribution in [1.82, 2.24) is 20.1 Å². The van der Waals surface area contributed by atoms with Crippen LogP contribution in [0, 0.1) is 5.92 Å². The molecule has 1 saturated heterocycles. The van der Waals surface area contributed by atoms with E-state index in [2.05, 4.69) is 29.2 Å². The largest absolute Gasteiger partial charge is 0.316 e. The second-order valence-electron chi connectivity index (χ2n) is 5.33. The summed E-state index contributed by atoms with van der Waals surface area (Å²) in [6.45, 7) is 6.58. The molecule has 2 rings (SSSR count). The number of aromatic nitrogens is 3. The van der Waals surface area contributed by atoms with E-state index in [-0.39, 0.29) is 0 Å². The molecule has 0 aromatic carbocycles. The molecule has 0 radical (unpaired) electrons. The second-order valence-corrected chi connectivity index (χ2v) is 5.33. The molecule has 0 aliphatic carbocycles. The van der Waals surface area contributed by atoms with Gasteiger partial charge in [-0.3, -0.25) is 0 Å². The molecular weight excluding hydrogens is 219 g/mol. The van der Waals surface area contributed by atoms with Crippen molar-refractivity contribution in [2.24, 2.45) is 5.92 Å². The lowest BCUT2D eigenvalue weighted by Crippen LogP contribution is -2.40. The van der Waals surface area contributed by atoms with E-state index in [9.17, 15) is 4.39 Å². The standard InChI is InChI=1S/C12H21FN4/c1-10(2)8-17-11(15-9-16-17)7-12(13)3-5-14-6-4-12/h9-10,14H,3-8H2,1-2H3. The smallest absolute Gasteiger partial charge is 0.138 e. The number of piperidine rings is 1. The molecule has 1 aliphatic rings. The Morgan fingerprint density at radius 2 is 2.18 bits per heavy atom. The Balaban J connectivity index is 2.04. The van der Waals surface area contributed by atoms with Gasteiger partial charge < -0.3 is 5.32 Å². The Hall–Kier alpha value is -0.970. The predicted octanol–water partition coefficient (Wildman–Crippen LogP) is 1.57. The lowest BCUT2D eigenvalue weighted by molar-refractivity contribution is 0.112. The third-order valence-corrected chi connectivity index (χ3v) is 3.21. The van der Waals surface area contributed by atoms with Crippen molar-refractivity contribution >= 4 is 0 Å². The quantitative estimate of drug-likeness (QED) is 0.868. The zero-order valence-corrected chi connectivity index (χ0v) is 10.6. The fraction of sp³-hybridized carbons (Fsp3) is 0.833. The number of rotatable bonds is 4. The maximum Gasteiger partial charge on any atom is 0.138 e. The fourth-order valence-corrected chi connectivity index (χ4v) is 2.26. The van der Waals surface area contributed by atoms with Crippen molar-refractivity contribution in [2.45, 2.75) is 45.3 Å². The van der Waals surface area contributed by atoms with Crippen LogP contribution in [0.25, 0.3) is 0 Å². The lowest BCUT2D eigenvalue weighted by Gasteiger charge is -2.29. The maximum absolute atomic E-state index is 14.5. The molecule has 0 saturated carbocycles. The van der Waals surface area contributed by atoms with Crippen molar-refractivity contribution in [3.05, 3.63) is 12.2 Å². The summed E-state index contributed by atoms with van der Waals surface area (Å²) < 4.78 is 16.4. The molecule has 0 unspecified atom stereocenters. The third-order valence-electron chi connectivity index (χ3n) is 3.21. The van der Waals surface area contributed by atoms with Gasteiger partial charge in [-0.1, -0.05) is 13.8 Å². The van der Waals surface area contributed by atoms with Crippen molar-refractivity contribution in [2.75, 3.05) is 13.1 Å². The monoisotopic (exact) mass is 240 g/mol. The Kier molecular flexibility index (Phi) is 3.76. The number of nitrogens with one attached hydrogen (secondary N) is 1. The van der Waals surface area contributed by atoms with E-state index in [1.165, 1.54) is 6.33 Å². The van der Waals surface area contributed by atoms with Gasteiger partial charge in [-0.25, -0.2) is 14.1 Å². The summed E-state index contributed by atoms with van der Waals surface area (Å²) in [5, 5.41) is 7.36. The summed E-state index contributed by atoms with van der Waals surface area (Å²) in [4.78, 5) is 4.20. The topological polar surface area (TPSA) is 42.7 Å². The van der Waals surface area contributed by atoms with Gasteiger partial charge in [-0.15, -0.1) is 0 Å². The first-order valence-electron chi connectivity index (χ1n) is 6.35. The van der Waals surface area contributed by atoms with E-state index in [1.54, 1.807) is 0 Å². The molecule has 4 nitrogen and oxygen atoms in total. The second kappa shape index (κ2) is 5.12. The molecule has 0 spiro atoms. The summed E-state index contributed by atoms with van der Waals surface area (Å²) in [5.41, 5.74) is -1.10. The Morgan fingerprint density at radius 1 is 1.47 bits per heavy atom. The summed E-state index contributed by atoms with van der Waals surface area (Å²) in [7, 11) is 0. The maximum atomic E-state index is 14.5. The first kappa shape index (κ1) is 12.5. The van der Waals surface area contributed by atoms with Crippen LogP contribution in [-0.4, -0.2) is 33.5 Å². The van der Waals surface area contributed by atoms with Crippen LogP contribution < -0.4 is 5.32 Å². The molecule has 0 amide bonds. The molecule has 1 aromatic heterocycles. The molecule has 1 aromatic rings. The Morgan fingerprint density at radius 3 is 2.82 bits per heavy atom. The first-order chi connectivity index (χ1) is 8.09. The van der Waals surface area contributed by atoms with Gasteiger partial charge in [0.1, 0.15) is 17.8 Å². The van der Waals surface area contributed by atoms with Gasteiger partial charge in [0.2, 0.25) is 0 Å². The van der Waals surface area contributed by atoms with Gasteiger partial charge in [0.25, 0.3) is 0 Å². The first-order valence-corrected chi connectivity index (χ1v) is 6.35. The molecule has 2 heterocycles. The summed E-state index contributed by atoms with van der Waals surface area (Å²) >= 11 is 0. The highest BCUT2D eigenvalue weighted by atomic mass is 19.1. The van der Waals surface area contributed by atoms with Crippen LogP contribution in [0.5, 0.6) is 0 Å². The molecule has 0 atom stereocenters. The number of alkyl halides is 1. The molecule has 1 aliphatic heterocycles. The molecule has 17 heavy (non-hydrogen) atoms. The van der Waals surface area contributed by atoms with E-state index < -0.39 is 5.67 Å². The third kappa shape index (κ3) is 3.25. The van der Waals surface area contributed by atoms with Crippen LogP contribution in [-0.2, 0) is 13.0 Å². The SMILES string of the molecule is CC(C)Cn1ncnc1CC1(F)CCNCC1. The molecular formula is C12H21FN4. The van der Waals surface area contributed by atoms with Crippen LogP contribution >= 0.6 is 0 Å². The Labute approximate surface area is 102 Å². The van der Waals surface area contributed by atoms with Gasteiger partial charge in [-0.2, -0.15) is 5.10 Å². The van der Waals surface area contributed by atoms with Crippen LogP contribution in [0.3, 0.4) is 0 Å². The highest BCUT2D eigenvalue weighted by Crippen LogP contribution is 2.27. The van der Waals surface area contributed by atoms with E-state index in [1.807, 2.05) is 4.68 Å². The molecule has 5 heteroatoms. The zero-order chi connectivity index (χ0) is 12.3. The Bertz CT molecular complexity index is 355. The van der Waals surface area contributed by atoms with Crippen LogP contribution in [0.4, 0.5) is 4.39 Å². The van der Waals surface area contributed by atoms with Crippen molar-refractivity contribution < 1.29 is 4.39 Å². The number of hydrogen-bond donors (Lipinski definition) is 1. The van der Waals surface area contributed by atoms with E-state index in [0.717, 1.165) is 25.5 Å². The minimum Gasteiger partial charge on any atom is -0.316 e. The lowest BCUT2D eigenvalue weighted by atomic mass is 9.90. The highest BCUT2D eigenvalue weighted by Gasteiger charge is 2.33. The molecule has 96 valence electrons. The molecule has 1 N–H and O–H groups in total. The van der Waals surface area contributed by atoms with Crippen molar-refractivity contribution in [1.29, 1.82) is 0 Å². The minimum atomic E-state index is -1.10. The summed E-state index contributed by atoms with van der Waals surface area (Å²) in [6, 6.07) is 0. The van der Waals surface area contributed by atoms with Gasteiger partial charge in [0.05, 0.1) is 0 Å². The zero-order valence-electron chi connectivity index (χ0n) is 10.6. The molecule has 0 bridgehead atoms. The van der Waals surface area contributed by atoms with Gasteiger partial charge in [0, 0.05) is 13.0 Å². The molecule has 1 fully saturated rings. The van der Waals surface area contributed by atoms with Crippen molar-refractivity contribution in [3.8, 4) is 0 Å². The van der Waals surface area contributed by atoms with Crippen LogP contribution in [0.2, 0.25) is 0 Å². The van der Waals surface area contributed by atoms with Gasteiger partial charge in [0.15, 0.2) is 0 Å². The van der Waals surface area contributed by atoms with Crippen molar-refractivity contribution in [3.63, 3.8) is 0 Å². The van der Waals surface area contributed by atoms with Gasteiger partial charge >= 0.3 is 0 Å².